The molecule has 0 saturated carbocycles. The zero-order chi connectivity index (χ0) is 11.4. The average Bonchev–Trinajstić information content (AvgIpc) is 2.73. The summed E-state index contributed by atoms with van der Waals surface area (Å²) in [6, 6.07) is 6.07. The molecule has 1 amide bonds. The fourth-order valence-corrected chi connectivity index (χ4v) is 1.94. The first-order valence-electron chi connectivity index (χ1n) is 5.96. The van der Waals surface area contributed by atoms with Crippen LogP contribution in [0.15, 0.2) is 18.2 Å². The first kappa shape index (κ1) is 11.0. The molecular weight excluding hydrogens is 200 g/mol. The molecule has 1 aliphatic heterocycles. The van der Waals surface area contributed by atoms with E-state index >= 15 is 0 Å². The van der Waals surface area contributed by atoms with E-state index in [9.17, 15) is 4.79 Å². The highest BCUT2D eigenvalue weighted by molar-refractivity contribution is 5.91. The van der Waals surface area contributed by atoms with Gasteiger partial charge < -0.3 is 10.6 Å². The van der Waals surface area contributed by atoms with Gasteiger partial charge in [-0.1, -0.05) is 13.3 Å². The second kappa shape index (κ2) is 5.01. The lowest BCUT2D eigenvalue weighted by molar-refractivity contribution is -0.116. The monoisotopic (exact) mass is 218 g/mol. The van der Waals surface area contributed by atoms with E-state index in [0.29, 0.717) is 6.42 Å². The van der Waals surface area contributed by atoms with E-state index in [1.54, 1.807) is 0 Å². The van der Waals surface area contributed by atoms with Crippen LogP contribution in [0.3, 0.4) is 0 Å². The van der Waals surface area contributed by atoms with Crippen LogP contribution in [-0.2, 0) is 11.2 Å². The van der Waals surface area contributed by atoms with Gasteiger partial charge in [0, 0.05) is 24.3 Å². The van der Waals surface area contributed by atoms with Crippen LogP contribution in [-0.4, -0.2) is 12.5 Å². The van der Waals surface area contributed by atoms with Crippen molar-refractivity contribution in [1.29, 1.82) is 0 Å². The van der Waals surface area contributed by atoms with Crippen LogP contribution >= 0.6 is 0 Å². The van der Waals surface area contributed by atoms with Gasteiger partial charge in [0.25, 0.3) is 0 Å². The number of nitrogens with one attached hydrogen (secondary N) is 2. The van der Waals surface area contributed by atoms with Gasteiger partial charge in [-0.05, 0) is 36.6 Å². The Labute approximate surface area is 96.2 Å². The van der Waals surface area contributed by atoms with Crippen molar-refractivity contribution in [1.82, 2.24) is 0 Å². The Morgan fingerprint density at radius 2 is 2.38 bits per heavy atom. The number of unbranched alkanes of at least 4 members (excludes halogenated alkanes) is 1. The second-order valence-corrected chi connectivity index (χ2v) is 4.20. The van der Waals surface area contributed by atoms with E-state index in [1.165, 1.54) is 11.3 Å². The van der Waals surface area contributed by atoms with Gasteiger partial charge in [0.15, 0.2) is 0 Å². The summed E-state index contributed by atoms with van der Waals surface area (Å²) in [5, 5.41) is 6.24. The Morgan fingerprint density at radius 1 is 1.50 bits per heavy atom. The number of amides is 1. The van der Waals surface area contributed by atoms with Crippen molar-refractivity contribution in [2.45, 2.75) is 32.6 Å². The van der Waals surface area contributed by atoms with E-state index < -0.39 is 0 Å². The first-order chi connectivity index (χ1) is 7.79. The molecule has 1 heterocycles. The van der Waals surface area contributed by atoms with Crippen molar-refractivity contribution in [3.63, 3.8) is 0 Å². The van der Waals surface area contributed by atoms with Crippen molar-refractivity contribution < 1.29 is 4.79 Å². The Balaban J connectivity index is 1.97. The van der Waals surface area contributed by atoms with Crippen molar-refractivity contribution in [2.24, 2.45) is 0 Å². The normalized spacial score (nSPS) is 13.1. The number of rotatable bonds is 4. The smallest absolute Gasteiger partial charge is 0.224 e. The van der Waals surface area contributed by atoms with Gasteiger partial charge in [-0.15, -0.1) is 0 Å². The van der Waals surface area contributed by atoms with Gasteiger partial charge in [0.2, 0.25) is 5.91 Å². The molecule has 0 radical (unpaired) electrons. The Hall–Kier alpha value is -1.51. The number of benzene rings is 1. The molecule has 1 aliphatic rings. The van der Waals surface area contributed by atoms with Crippen molar-refractivity contribution >= 4 is 17.3 Å². The molecule has 1 aromatic rings. The maximum atomic E-state index is 11.5. The number of fused-ring (bicyclic) bond motifs is 1. The Bertz CT molecular complexity index is 388. The molecule has 16 heavy (non-hydrogen) atoms. The third-order valence-corrected chi connectivity index (χ3v) is 2.86. The molecule has 1 aromatic carbocycles. The minimum absolute atomic E-state index is 0.118. The van der Waals surface area contributed by atoms with Gasteiger partial charge in [-0.3, -0.25) is 4.79 Å². The van der Waals surface area contributed by atoms with Gasteiger partial charge in [-0.2, -0.15) is 0 Å². The van der Waals surface area contributed by atoms with Crippen LogP contribution in [0.4, 0.5) is 11.4 Å². The lowest BCUT2D eigenvalue weighted by atomic mass is 10.1. The summed E-state index contributed by atoms with van der Waals surface area (Å²) in [6.45, 7) is 3.09. The minimum atomic E-state index is 0.118. The SMILES string of the molecule is CCCCC(=O)Nc1ccc2c(c1)CCN2. The molecular formula is C13H18N2O. The van der Waals surface area contributed by atoms with Crippen LogP contribution in [0.25, 0.3) is 0 Å². The van der Waals surface area contributed by atoms with Crippen molar-refractivity contribution in [3.05, 3.63) is 23.8 Å². The van der Waals surface area contributed by atoms with Crippen molar-refractivity contribution in [2.75, 3.05) is 17.2 Å². The summed E-state index contributed by atoms with van der Waals surface area (Å²) in [6.07, 6.45) is 3.68. The summed E-state index contributed by atoms with van der Waals surface area (Å²) in [5.74, 6) is 0.118. The second-order valence-electron chi connectivity index (χ2n) is 4.20. The van der Waals surface area contributed by atoms with Gasteiger partial charge >= 0.3 is 0 Å². The average molecular weight is 218 g/mol. The van der Waals surface area contributed by atoms with Crippen LogP contribution in [0.1, 0.15) is 31.7 Å². The topological polar surface area (TPSA) is 41.1 Å². The molecule has 0 atom stereocenters. The molecule has 2 rings (SSSR count). The minimum Gasteiger partial charge on any atom is -0.384 e. The van der Waals surface area contributed by atoms with Crippen LogP contribution in [0.5, 0.6) is 0 Å². The van der Waals surface area contributed by atoms with Crippen LogP contribution < -0.4 is 10.6 Å². The number of carbonyl (C=O) groups is 1. The molecule has 0 aliphatic carbocycles. The lowest BCUT2D eigenvalue weighted by Gasteiger charge is -2.06. The summed E-state index contributed by atoms with van der Waals surface area (Å²) in [7, 11) is 0. The van der Waals surface area contributed by atoms with Crippen LogP contribution in [0.2, 0.25) is 0 Å². The fourth-order valence-electron chi connectivity index (χ4n) is 1.94. The quantitative estimate of drug-likeness (QED) is 0.816. The Kier molecular flexibility index (Phi) is 3.44. The highest BCUT2D eigenvalue weighted by Gasteiger charge is 2.10. The van der Waals surface area contributed by atoms with Crippen molar-refractivity contribution in [3.8, 4) is 0 Å². The number of hydrogen-bond acceptors (Lipinski definition) is 2. The highest BCUT2D eigenvalue weighted by Crippen LogP contribution is 2.25. The maximum absolute atomic E-state index is 11.5. The zero-order valence-electron chi connectivity index (χ0n) is 9.68. The summed E-state index contributed by atoms with van der Waals surface area (Å²) >= 11 is 0. The van der Waals surface area contributed by atoms with E-state index in [-0.39, 0.29) is 5.91 Å². The largest absolute Gasteiger partial charge is 0.384 e. The standard InChI is InChI=1S/C13H18N2O/c1-2-3-4-13(16)15-11-5-6-12-10(9-11)7-8-14-12/h5-6,9,14H,2-4,7-8H2,1H3,(H,15,16). The first-order valence-corrected chi connectivity index (χ1v) is 5.96. The fraction of sp³-hybridized carbons (Fsp3) is 0.462. The van der Waals surface area contributed by atoms with Crippen LogP contribution in [0, 0.1) is 0 Å². The maximum Gasteiger partial charge on any atom is 0.224 e. The number of anilines is 2. The third-order valence-electron chi connectivity index (χ3n) is 2.86. The molecule has 86 valence electrons. The van der Waals surface area contributed by atoms with E-state index in [4.69, 9.17) is 0 Å². The molecule has 0 aromatic heterocycles. The zero-order valence-corrected chi connectivity index (χ0v) is 9.68. The molecule has 0 spiro atoms. The molecule has 3 heteroatoms. The van der Waals surface area contributed by atoms with Gasteiger partial charge in [0.05, 0.1) is 0 Å². The molecule has 0 unspecified atom stereocenters. The highest BCUT2D eigenvalue weighted by atomic mass is 16.1. The molecule has 0 fully saturated rings. The Morgan fingerprint density at radius 3 is 3.19 bits per heavy atom. The molecule has 0 bridgehead atoms. The predicted molar refractivity (Wildman–Crippen MR) is 66.8 cm³/mol. The molecule has 3 nitrogen and oxygen atoms in total. The van der Waals surface area contributed by atoms with E-state index in [2.05, 4.69) is 23.6 Å². The third kappa shape index (κ3) is 2.54. The summed E-state index contributed by atoms with van der Waals surface area (Å²) in [5.41, 5.74) is 3.42. The molecule has 2 N–H and O–H groups in total. The molecule has 0 saturated heterocycles. The summed E-state index contributed by atoms with van der Waals surface area (Å²) < 4.78 is 0. The summed E-state index contributed by atoms with van der Waals surface area (Å²) in [4.78, 5) is 11.5. The number of carbonyl (C=O) groups excluding carboxylic acids is 1. The predicted octanol–water partition coefficient (Wildman–Crippen LogP) is 2.78. The van der Waals surface area contributed by atoms with E-state index in [1.807, 2.05) is 12.1 Å². The lowest BCUT2D eigenvalue weighted by Crippen LogP contribution is -2.10. The van der Waals surface area contributed by atoms with Gasteiger partial charge in [-0.25, -0.2) is 0 Å². The van der Waals surface area contributed by atoms with E-state index in [0.717, 1.165) is 31.5 Å². The number of hydrogen-bond donors (Lipinski definition) is 2. The van der Waals surface area contributed by atoms with Gasteiger partial charge in [0.1, 0.15) is 0 Å².